The van der Waals surface area contributed by atoms with Crippen LogP contribution in [-0.4, -0.2) is 12.3 Å². The number of rotatable bonds is 5. The first-order chi connectivity index (χ1) is 9.30. The van der Waals surface area contributed by atoms with Crippen LogP contribution in [0.2, 0.25) is 0 Å². The van der Waals surface area contributed by atoms with Crippen molar-refractivity contribution in [1.29, 1.82) is 0 Å². The molecule has 1 N–H and O–H groups in total. The average molecular weight is 257 g/mol. The highest BCUT2D eigenvalue weighted by Gasteiger charge is 2.58. The van der Waals surface area contributed by atoms with Gasteiger partial charge in [-0.25, -0.2) is 0 Å². The fraction of sp³-hybridized carbons (Fsp3) is 0.529. The van der Waals surface area contributed by atoms with Gasteiger partial charge in [-0.1, -0.05) is 36.4 Å². The van der Waals surface area contributed by atoms with Gasteiger partial charge >= 0.3 is 0 Å². The van der Waals surface area contributed by atoms with E-state index in [-0.39, 0.29) is 11.1 Å². The largest absolute Gasteiger partial charge is 0.360 e. The van der Waals surface area contributed by atoms with Crippen LogP contribution in [0, 0.1) is 5.41 Å². The number of ether oxygens (including phenoxy) is 1. The van der Waals surface area contributed by atoms with Gasteiger partial charge < -0.3 is 4.74 Å². The Labute approximate surface area is 115 Å². The van der Waals surface area contributed by atoms with Crippen molar-refractivity contribution in [3.05, 3.63) is 48.6 Å². The molecule has 1 aliphatic heterocycles. The van der Waals surface area contributed by atoms with E-state index in [1.165, 1.54) is 24.8 Å². The van der Waals surface area contributed by atoms with Crippen LogP contribution in [-0.2, 0) is 11.3 Å². The van der Waals surface area contributed by atoms with Crippen LogP contribution >= 0.6 is 0 Å². The molecule has 2 atom stereocenters. The smallest absolute Gasteiger partial charge is 0.125 e. The lowest BCUT2D eigenvalue weighted by atomic mass is 9.76. The van der Waals surface area contributed by atoms with Crippen molar-refractivity contribution in [2.45, 2.75) is 44.4 Å². The number of allylic oxidation sites excluding steroid dienone is 1. The third-order valence-corrected chi connectivity index (χ3v) is 4.93. The summed E-state index contributed by atoms with van der Waals surface area (Å²) in [4.78, 5) is 0. The zero-order chi connectivity index (χ0) is 13.2. The minimum Gasteiger partial charge on any atom is -0.360 e. The summed E-state index contributed by atoms with van der Waals surface area (Å²) in [5.74, 6) is 0. The van der Waals surface area contributed by atoms with Gasteiger partial charge in [0, 0.05) is 18.6 Å². The quantitative estimate of drug-likeness (QED) is 0.813. The van der Waals surface area contributed by atoms with E-state index in [4.69, 9.17) is 4.74 Å². The molecule has 1 saturated carbocycles. The lowest BCUT2D eigenvalue weighted by Crippen LogP contribution is -2.52. The zero-order valence-corrected chi connectivity index (χ0v) is 11.5. The summed E-state index contributed by atoms with van der Waals surface area (Å²) >= 11 is 0. The maximum absolute atomic E-state index is 6.18. The van der Waals surface area contributed by atoms with Crippen molar-refractivity contribution in [2.75, 3.05) is 6.61 Å². The lowest BCUT2D eigenvalue weighted by Gasteiger charge is -2.39. The van der Waals surface area contributed by atoms with E-state index in [2.05, 4.69) is 48.3 Å². The van der Waals surface area contributed by atoms with Crippen molar-refractivity contribution < 1.29 is 4.74 Å². The molecule has 19 heavy (non-hydrogen) atoms. The van der Waals surface area contributed by atoms with Gasteiger partial charge in [-0.2, -0.15) is 0 Å². The van der Waals surface area contributed by atoms with Gasteiger partial charge in [-0.15, -0.1) is 6.58 Å². The maximum Gasteiger partial charge on any atom is 0.125 e. The molecule has 1 aromatic rings. The van der Waals surface area contributed by atoms with Crippen LogP contribution in [0.15, 0.2) is 43.0 Å². The number of hydrogen-bond acceptors (Lipinski definition) is 2. The van der Waals surface area contributed by atoms with Crippen LogP contribution in [0.4, 0.5) is 0 Å². The van der Waals surface area contributed by atoms with Crippen LogP contribution in [0.25, 0.3) is 0 Å². The summed E-state index contributed by atoms with van der Waals surface area (Å²) in [6.07, 6.45) is 7.96. The SMILES string of the molecule is C=CCC12CCCC1(NCc1ccccc1)OCC2. The third-order valence-electron chi connectivity index (χ3n) is 4.93. The van der Waals surface area contributed by atoms with Crippen molar-refractivity contribution in [2.24, 2.45) is 5.41 Å². The van der Waals surface area contributed by atoms with Gasteiger partial charge in [0.2, 0.25) is 0 Å². The Balaban J connectivity index is 1.76. The highest BCUT2D eigenvalue weighted by atomic mass is 16.5. The normalized spacial score (nSPS) is 33.3. The first-order valence-electron chi connectivity index (χ1n) is 7.34. The van der Waals surface area contributed by atoms with E-state index in [9.17, 15) is 0 Å². The molecule has 2 aliphatic rings. The molecule has 0 amide bonds. The van der Waals surface area contributed by atoms with E-state index in [0.29, 0.717) is 0 Å². The topological polar surface area (TPSA) is 21.3 Å². The van der Waals surface area contributed by atoms with Crippen LogP contribution in [0.1, 0.15) is 37.7 Å². The van der Waals surface area contributed by atoms with Crippen molar-refractivity contribution in [3.63, 3.8) is 0 Å². The highest BCUT2D eigenvalue weighted by Crippen LogP contribution is 2.56. The molecule has 1 aliphatic carbocycles. The molecule has 1 aromatic carbocycles. The second-order valence-corrected chi connectivity index (χ2v) is 5.89. The van der Waals surface area contributed by atoms with E-state index >= 15 is 0 Å². The summed E-state index contributed by atoms with van der Waals surface area (Å²) in [5, 5.41) is 3.73. The Morgan fingerprint density at radius 3 is 2.84 bits per heavy atom. The molecule has 0 bridgehead atoms. The zero-order valence-electron chi connectivity index (χ0n) is 11.5. The Kier molecular flexibility index (Phi) is 3.46. The molecule has 3 rings (SSSR count). The molecule has 0 spiro atoms. The minimum absolute atomic E-state index is 0.114. The number of benzene rings is 1. The van der Waals surface area contributed by atoms with E-state index in [1.54, 1.807) is 0 Å². The molecule has 1 saturated heterocycles. The molecule has 1 heterocycles. The second kappa shape index (κ2) is 5.10. The lowest BCUT2D eigenvalue weighted by molar-refractivity contribution is -0.0732. The first kappa shape index (κ1) is 12.9. The molecule has 102 valence electrons. The van der Waals surface area contributed by atoms with Gasteiger partial charge in [-0.05, 0) is 37.7 Å². The maximum atomic E-state index is 6.18. The summed E-state index contributed by atoms with van der Waals surface area (Å²) in [7, 11) is 0. The van der Waals surface area contributed by atoms with Gasteiger partial charge in [0.05, 0.1) is 0 Å². The van der Waals surface area contributed by atoms with Crippen molar-refractivity contribution >= 4 is 0 Å². The van der Waals surface area contributed by atoms with E-state index < -0.39 is 0 Å². The standard InChI is InChI=1S/C17H23NO/c1-2-9-16-10-6-11-17(16,19-13-12-16)18-14-15-7-4-3-5-8-15/h2-5,7-8,18H,1,6,9-14H2. The molecule has 2 unspecified atom stereocenters. The Morgan fingerprint density at radius 1 is 1.21 bits per heavy atom. The van der Waals surface area contributed by atoms with Gasteiger partial charge in [0.25, 0.3) is 0 Å². The van der Waals surface area contributed by atoms with Crippen LogP contribution in [0.3, 0.4) is 0 Å². The average Bonchev–Trinajstić information content (AvgIpc) is 2.93. The molecule has 2 nitrogen and oxygen atoms in total. The molecular formula is C17H23NO. The van der Waals surface area contributed by atoms with Crippen molar-refractivity contribution in [3.8, 4) is 0 Å². The summed E-state index contributed by atoms with van der Waals surface area (Å²) in [5.41, 5.74) is 1.49. The third kappa shape index (κ3) is 2.13. The molecular weight excluding hydrogens is 234 g/mol. The summed E-state index contributed by atoms with van der Waals surface area (Å²) in [6.45, 7) is 5.72. The fourth-order valence-corrected chi connectivity index (χ4v) is 3.93. The van der Waals surface area contributed by atoms with E-state index in [1.807, 2.05) is 0 Å². The number of hydrogen-bond donors (Lipinski definition) is 1. The Bertz CT molecular complexity index is 430. The first-order valence-corrected chi connectivity index (χ1v) is 7.34. The van der Waals surface area contributed by atoms with Crippen LogP contribution < -0.4 is 5.32 Å². The number of fused-ring (bicyclic) bond motifs is 1. The Hall–Kier alpha value is -1.12. The van der Waals surface area contributed by atoms with Crippen LogP contribution in [0.5, 0.6) is 0 Å². The Morgan fingerprint density at radius 2 is 2.05 bits per heavy atom. The van der Waals surface area contributed by atoms with Gasteiger partial charge in [0.15, 0.2) is 0 Å². The van der Waals surface area contributed by atoms with E-state index in [0.717, 1.165) is 26.0 Å². The van der Waals surface area contributed by atoms with Gasteiger partial charge in [0.1, 0.15) is 5.72 Å². The molecule has 0 aromatic heterocycles. The fourth-order valence-electron chi connectivity index (χ4n) is 3.93. The second-order valence-electron chi connectivity index (χ2n) is 5.89. The predicted octanol–water partition coefficient (Wildman–Crippen LogP) is 3.64. The van der Waals surface area contributed by atoms with Gasteiger partial charge in [-0.3, -0.25) is 5.32 Å². The molecule has 0 radical (unpaired) electrons. The summed E-state index contributed by atoms with van der Waals surface area (Å²) < 4.78 is 6.18. The number of nitrogens with one attached hydrogen (secondary N) is 1. The predicted molar refractivity (Wildman–Crippen MR) is 77.7 cm³/mol. The minimum atomic E-state index is -0.114. The summed E-state index contributed by atoms with van der Waals surface area (Å²) in [6, 6.07) is 10.6. The highest BCUT2D eigenvalue weighted by molar-refractivity contribution is 5.16. The molecule has 2 fully saturated rings. The van der Waals surface area contributed by atoms with Crippen molar-refractivity contribution in [1.82, 2.24) is 5.32 Å². The molecule has 2 heteroatoms. The monoisotopic (exact) mass is 257 g/mol.